The number of hydrogen-bond acceptors (Lipinski definition) is 3. The molecule has 0 N–H and O–H groups in total. The second kappa shape index (κ2) is 8.48. The van der Waals surface area contributed by atoms with Crippen LogP contribution in [0.25, 0.3) is 87.7 Å². The molecule has 0 spiro atoms. The van der Waals surface area contributed by atoms with Crippen molar-refractivity contribution in [3.63, 3.8) is 0 Å². The fraction of sp³-hybridized carbons (Fsp3) is 0. The Morgan fingerprint density at radius 3 is 2.17 bits per heavy atom. The lowest BCUT2D eigenvalue weighted by Gasteiger charge is -2.14. The number of nitrogens with zero attached hydrogens (tertiary/aromatic N) is 2. The highest BCUT2D eigenvalue weighted by Gasteiger charge is 2.16. The molecule has 0 unspecified atom stereocenters. The van der Waals surface area contributed by atoms with Crippen LogP contribution in [0.3, 0.4) is 0 Å². The minimum atomic E-state index is 0.910. The van der Waals surface area contributed by atoms with Crippen molar-refractivity contribution < 1.29 is 4.42 Å². The first-order valence-electron chi connectivity index (χ1n) is 13.8. The zero-order valence-corrected chi connectivity index (χ0v) is 22.0. The predicted octanol–water partition coefficient (Wildman–Crippen LogP) is 10.3. The molecule has 0 aliphatic heterocycles. The first-order valence-corrected chi connectivity index (χ1v) is 13.8. The monoisotopic (exact) mass is 522 g/mol. The Kier molecular flexibility index (Phi) is 4.61. The number of fused-ring (bicyclic) bond motifs is 10. The van der Waals surface area contributed by atoms with E-state index in [2.05, 4.69) is 109 Å². The molecular formula is C38H22N2O. The van der Waals surface area contributed by atoms with Gasteiger partial charge in [-0.05, 0) is 29.1 Å². The van der Waals surface area contributed by atoms with Crippen molar-refractivity contribution in [3.8, 4) is 22.4 Å². The molecule has 3 nitrogen and oxygen atoms in total. The van der Waals surface area contributed by atoms with Gasteiger partial charge in [0.25, 0.3) is 0 Å². The minimum Gasteiger partial charge on any atom is -0.455 e. The number of rotatable bonds is 2. The van der Waals surface area contributed by atoms with Crippen LogP contribution in [0.1, 0.15) is 0 Å². The van der Waals surface area contributed by atoms with Crippen molar-refractivity contribution in [2.24, 2.45) is 0 Å². The van der Waals surface area contributed by atoms with Crippen LogP contribution in [0.5, 0.6) is 0 Å². The Morgan fingerprint density at radius 2 is 1.24 bits per heavy atom. The highest BCUT2D eigenvalue weighted by molar-refractivity contribution is 6.28. The van der Waals surface area contributed by atoms with E-state index >= 15 is 0 Å². The Bertz CT molecular complexity index is 2470. The van der Waals surface area contributed by atoms with E-state index in [9.17, 15) is 0 Å². The third kappa shape index (κ3) is 3.26. The Morgan fingerprint density at radius 1 is 0.488 bits per heavy atom. The predicted molar refractivity (Wildman–Crippen MR) is 170 cm³/mol. The standard InChI is InChI=1S/C38H22N2O/c1-3-12-32-30(9-1)35-31(21-20-24-16-19-25-7-6-22-39-37(25)34(24)35)36(40-32)26-17-14-23(15-18-26)27-10-5-11-29-28-8-2-4-13-33(28)41-38(27)29/h1-22H. The van der Waals surface area contributed by atoms with Gasteiger partial charge in [-0.15, -0.1) is 0 Å². The molecule has 0 bridgehead atoms. The van der Waals surface area contributed by atoms with Crippen LogP contribution in [0.2, 0.25) is 0 Å². The van der Waals surface area contributed by atoms with Crippen LogP contribution in [-0.4, -0.2) is 9.97 Å². The van der Waals surface area contributed by atoms with Crippen LogP contribution < -0.4 is 0 Å². The van der Waals surface area contributed by atoms with Gasteiger partial charge < -0.3 is 4.42 Å². The molecular weight excluding hydrogens is 500 g/mol. The largest absolute Gasteiger partial charge is 0.455 e. The van der Waals surface area contributed by atoms with E-state index in [4.69, 9.17) is 14.4 Å². The van der Waals surface area contributed by atoms with Crippen LogP contribution in [-0.2, 0) is 0 Å². The first-order chi connectivity index (χ1) is 20.3. The fourth-order valence-electron chi connectivity index (χ4n) is 6.40. The van der Waals surface area contributed by atoms with Crippen molar-refractivity contribution in [1.29, 1.82) is 0 Å². The van der Waals surface area contributed by atoms with Crippen molar-refractivity contribution in [2.75, 3.05) is 0 Å². The van der Waals surface area contributed by atoms with Gasteiger partial charge in [-0.1, -0.05) is 109 Å². The van der Waals surface area contributed by atoms with Gasteiger partial charge in [-0.25, -0.2) is 4.98 Å². The van der Waals surface area contributed by atoms with Gasteiger partial charge in [-0.2, -0.15) is 0 Å². The van der Waals surface area contributed by atoms with Crippen molar-refractivity contribution in [1.82, 2.24) is 9.97 Å². The maximum Gasteiger partial charge on any atom is 0.143 e. The van der Waals surface area contributed by atoms with Crippen LogP contribution >= 0.6 is 0 Å². The van der Waals surface area contributed by atoms with Crippen LogP contribution in [0, 0.1) is 0 Å². The topological polar surface area (TPSA) is 38.9 Å². The number of aromatic nitrogens is 2. The zero-order chi connectivity index (χ0) is 26.9. The van der Waals surface area contributed by atoms with E-state index in [0.717, 1.165) is 71.5 Å². The SMILES string of the molecule is c1cnc2c(c1)ccc1ccc3c(-c4ccc(-c5cccc6c5oc5ccccc56)cc4)nc4ccccc4c3c12. The number of furan rings is 1. The molecule has 0 radical (unpaired) electrons. The summed E-state index contributed by atoms with van der Waals surface area (Å²) in [7, 11) is 0. The fourth-order valence-corrected chi connectivity index (χ4v) is 6.40. The highest BCUT2D eigenvalue weighted by atomic mass is 16.3. The normalized spacial score (nSPS) is 11.9. The van der Waals surface area contributed by atoms with E-state index < -0.39 is 0 Å². The summed E-state index contributed by atoms with van der Waals surface area (Å²) in [6, 6.07) is 44.6. The lowest BCUT2D eigenvalue weighted by atomic mass is 9.93. The Hall–Kier alpha value is -5.54. The molecule has 9 rings (SSSR count). The minimum absolute atomic E-state index is 0.910. The van der Waals surface area contributed by atoms with Crippen LogP contribution in [0.15, 0.2) is 138 Å². The summed E-state index contributed by atoms with van der Waals surface area (Å²) in [4.78, 5) is 10.0. The van der Waals surface area contributed by atoms with Gasteiger partial charge >= 0.3 is 0 Å². The quantitative estimate of drug-likeness (QED) is 0.212. The van der Waals surface area contributed by atoms with Gasteiger partial charge in [-0.3, -0.25) is 4.98 Å². The molecule has 0 aliphatic carbocycles. The maximum atomic E-state index is 6.32. The lowest BCUT2D eigenvalue weighted by molar-refractivity contribution is 0.670. The van der Waals surface area contributed by atoms with Crippen molar-refractivity contribution in [3.05, 3.63) is 134 Å². The summed E-state index contributed by atoms with van der Waals surface area (Å²) in [6.07, 6.45) is 1.88. The second-order valence-electron chi connectivity index (χ2n) is 10.6. The van der Waals surface area contributed by atoms with Crippen molar-refractivity contribution in [2.45, 2.75) is 0 Å². The molecule has 0 saturated heterocycles. The van der Waals surface area contributed by atoms with Gasteiger partial charge in [0.2, 0.25) is 0 Å². The zero-order valence-electron chi connectivity index (χ0n) is 22.0. The molecule has 41 heavy (non-hydrogen) atoms. The molecule has 0 fully saturated rings. The molecule has 0 amide bonds. The molecule has 0 atom stereocenters. The summed E-state index contributed by atoms with van der Waals surface area (Å²) < 4.78 is 6.32. The first kappa shape index (κ1) is 22.3. The number of hydrogen-bond donors (Lipinski definition) is 0. The highest BCUT2D eigenvalue weighted by Crippen LogP contribution is 2.40. The van der Waals surface area contributed by atoms with E-state index in [0.29, 0.717) is 0 Å². The van der Waals surface area contributed by atoms with Gasteiger partial charge in [0.1, 0.15) is 11.2 Å². The average Bonchev–Trinajstić information content (AvgIpc) is 3.43. The molecule has 9 aromatic rings. The van der Waals surface area contributed by atoms with E-state index in [-0.39, 0.29) is 0 Å². The third-order valence-electron chi connectivity index (χ3n) is 8.29. The maximum absolute atomic E-state index is 6.32. The third-order valence-corrected chi connectivity index (χ3v) is 8.29. The molecule has 3 heteroatoms. The molecule has 0 aliphatic rings. The van der Waals surface area contributed by atoms with Crippen molar-refractivity contribution >= 4 is 65.3 Å². The lowest BCUT2D eigenvalue weighted by Crippen LogP contribution is -1.92. The summed E-state index contributed by atoms with van der Waals surface area (Å²) >= 11 is 0. The van der Waals surface area contributed by atoms with Crippen LogP contribution in [0.4, 0.5) is 0 Å². The average molecular weight is 523 g/mol. The smallest absolute Gasteiger partial charge is 0.143 e. The molecule has 3 aromatic heterocycles. The molecule has 3 heterocycles. The summed E-state index contributed by atoms with van der Waals surface area (Å²) in [6.45, 7) is 0. The van der Waals surface area contributed by atoms with Gasteiger partial charge in [0.15, 0.2) is 0 Å². The van der Waals surface area contributed by atoms with Gasteiger partial charge in [0.05, 0.1) is 16.7 Å². The Balaban J connectivity index is 1.29. The molecule has 0 saturated carbocycles. The molecule has 190 valence electrons. The van der Waals surface area contributed by atoms with E-state index in [1.807, 2.05) is 24.4 Å². The van der Waals surface area contributed by atoms with Gasteiger partial charge in [0, 0.05) is 55.0 Å². The summed E-state index contributed by atoms with van der Waals surface area (Å²) in [5.41, 5.74) is 8.08. The van der Waals surface area contributed by atoms with E-state index in [1.54, 1.807) is 0 Å². The summed E-state index contributed by atoms with van der Waals surface area (Å²) in [5.74, 6) is 0. The Labute approximate surface area is 235 Å². The summed E-state index contributed by atoms with van der Waals surface area (Å²) in [5, 5.41) is 9.24. The van der Waals surface area contributed by atoms with E-state index in [1.165, 1.54) is 16.2 Å². The number of benzene rings is 6. The second-order valence-corrected chi connectivity index (χ2v) is 10.6. The number of para-hydroxylation sites is 3. The number of pyridine rings is 2. The molecule has 6 aromatic carbocycles.